The Bertz CT molecular complexity index is 1260. The second-order valence-electron chi connectivity index (χ2n) is 9.91. The third kappa shape index (κ3) is 3.20. The van der Waals surface area contributed by atoms with Crippen molar-refractivity contribution < 1.29 is 23.9 Å². The maximum atomic E-state index is 13.7. The molecule has 8 nitrogen and oxygen atoms in total. The lowest BCUT2D eigenvalue weighted by Gasteiger charge is -2.54. The van der Waals surface area contributed by atoms with E-state index in [9.17, 15) is 14.7 Å². The first kappa shape index (κ1) is 21.9. The van der Waals surface area contributed by atoms with Crippen LogP contribution in [0.25, 0.3) is 11.1 Å². The average molecular weight is 472 g/mol. The van der Waals surface area contributed by atoms with Crippen molar-refractivity contribution in [1.29, 1.82) is 0 Å². The van der Waals surface area contributed by atoms with E-state index >= 15 is 0 Å². The first-order chi connectivity index (χ1) is 16.9. The quantitative estimate of drug-likeness (QED) is 0.435. The zero-order valence-electron chi connectivity index (χ0n) is 19.2. The average Bonchev–Trinajstić information content (AvgIpc) is 3.15. The number of fused-ring (bicyclic) bond motifs is 6. The molecular weight excluding hydrogens is 444 g/mol. The van der Waals surface area contributed by atoms with E-state index in [4.69, 9.17) is 10.5 Å². The van der Waals surface area contributed by atoms with Gasteiger partial charge < -0.3 is 20.1 Å². The Morgan fingerprint density at radius 3 is 2.14 bits per heavy atom. The molecule has 1 amide bonds. The number of aliphatic hydroxyl groups is 1. The zero-order valence-corrected chi connectivity index (χ0v) is 19.2. The van der Waals surface area contributed by atoms with Crippen LogP contribution in [0, 0.1) is 5.92 Å². The summed E-state index contributed by atoms with van der Waals surface area (Å²) in [7, 11) is 0. The van der Waals surface area contributed by atoms with Crippen molar-refractivity contribution in [3.63, 3.8) is 0 Å². The Balaban J connectivity index is 1.33. The predicted octanol–water partition coefficient (Wildman–Crippen LogP) is 2.07. The van der Waals surface area contributed by atoms with E-state index in [1.165, 1.54) is 6.33 Å². The van der Waals surface area contributed by atoms with Crippen LogP contribution in [0.4, 0.5) is 0 Å². The minimum atomic E-state index is -1.87. The molecule has 0 spiro atoms. The fourth-order valence-corrected chi connectivity index (χ4v) is 6.52. The molecule has 3 N–H and O–H groups in total. The molecule has 2 atom stereocenters. The molecule has 3 saturated heterocycles. The molecule has 3 aliphatic heterocycles. The van der Waals surface area contributed by atoms with E-state index in [2.05, 4.69) is 9.97 Å². The van der Waals surface area contributed by atoms with Gasteiger partial charge in [-0.25, -0.2) is 14.8 Å². The largest absolute Gasteiger partial charge is 0.453 e. The number of amides is 1. The Morgan fingerprint density at radius 1 is 1.00 bits per heavy atom. The number of rotatable bonds is 5. The van der Waals surface area contributed by atoms with Crippen molar-refractivity contribution in [2.45, 2.75) is 30.6 Å². The predicted molar refractivity (Wildman–Crippen MR) is 126 cm³/mol. The number of primary amides is 1. The summed E-state index contributed by atoms with van der Waals surface area (Å²) < 4.78 is 6.53. The fourth-order valence-electron chi connectivity index (χ4n) is 6.52. The van der Waals surface area contributed by atoms with Gasteiger partial charge in [-0.05, 0) is 11.1 Å². The van der Waals surface area contributed by atoms with Crippen LogP contribution in [0.1, 0.15) is 35.6 Å². The molecule has 3 fully saturated rings. The van der Waals surface area contributed by atoms with Crippen molar-refractivity contribution in [2.24, 2.45) is 11.7 Å². The number of hydrogen-bond acceptors (Lipinski definition) is 6. The van der Waals surface area contributed by atoms with Crippen LogP contribution < -0.4 is 5.73 Å². The number of aromatic nitrogens is 2. The van der Waals surface area contributed by atoms with Gasteiger partial charge in [0.05, 0.1) is 18.7 Å². The number of benzene rings is 2. The van der Waals surface area contributed by atoms with Crippen LogP contribution in [-0.4, -0.2) is 57.2 Å². The molecule has 1 aliphatic carbocycles. The van der Waals surface area contributed by atoms with Gasteiger partial charge in [0.1, 0.15) is 12.9 Å². The topological polar surface area (TPSA) is 115 Å². The third-order valence-electron chi connectivity index (χ3n) is 8.15. The molecule has 0 saturated carbocycles. The van der Waals surface area contributed by atoms with Gasteiger partial charge in [-0.2, -0.15) is 0 Å². The van der Waals surface area contributed by atoms with Crippen molar-refractivity contribution >= 4 is 11.9 Å². The Labute approximate surface area is 203 Å². The lowest BCUT2D eigenvalue weighted by atomic mass is 9.80. The number of carbonyl (C=O) groups is 2. The highest BCUT2D eigenvalue weighted by atomic mass is 16.6. The van der Waals surface area contributed by atoms with Crippen molar-refractivity contribution in [3.8, 4) is 11.1 Å². The van der Waals surface area contributed by atoms with E-state index in [0.717, 1.165) is 37.1 Å². The van der Waals surface area contributed by atoms with Gasteiger partial charge in [0.15, 0.2) is 12.1 Å². The zero-order chi connectivity index (χ0) is 24.2. The van der Waals surface area contributed by atoms with Crippen molar-refractivity contribution in [1.82, 2.24) is 9.97 Å². The highest BCUT2D eigenvalue weighted by Crippen LogP contribution is 2.49. The fraction of sp³-hybridized carbons (Fsp3) is 0.333. The summed E-state index contributed by atoms with van der Waals surface area (Å²) in [4.78, 5) is 34.5. The van der Waals surface area contributed by atoms with Gasteiger partial charge in [-0.3, -0.25) is 4.79 Å². The van der Waals surface area contributed by atoms with Gasteiger partial charge >= 0.3 is 5.97 Å². The summed E-state index contributed by atoms with van der Waals surface area (Å²) in [6.07, 6.45) is 5.87. The van der Waals surface area contributed by atoms with Crippen LogP contribution in [0.15, 0.2) is 67.3 Å². The van der Waals surface area contributed by atoms with Crippen LogP contribution in [-0.2, 0) is 19.9 Å². The second kappa shape index (κ2) is 7.96. The molecule has 7 rings (SSSR count). The molecule has 178 valence electrons. The Kier molecular flexibility index (Phi) is 4.98. The maximum Gasteiger partial charge on any atom is 0.348 e. The van der Waals surface area contributed by atoms with Gasteiger partial charge in [0, 0.05) is 42.3 Å². The molecule has 1 unspecified atom stereocenters. The number of ether oxygens (including phenoxy) is 1. The SMILES string of the molecule is NC(=O)C(c1cncnc1)[N+]12CCC(CC1)[C@@H](OC(=O)C1(O)c3ccccc3-c3ccccc31)C2. The van der Waals surface area contributed by atoms with E-state index in [0.29, 0.717) is 27.7 Å². The van der Waals surface area contributed by atoms with Crippen LogP contribution in [0.3, 0.4) is 0 Å². The monoisotopic (exact) mass is 471 g/mol. The van der Waals surface area contributed by atoms with Crippen LogP contribution >= 0.6 is 0 Å². The lowest BCUT2D eigenvalue weighted by Crippen LogP contribution is -2.67. The Morgan fingerprint density at radius 2 is 1.57 bits per heavy atom. The summed E-state index contributed by atoms with van der Waals surface area (Å²) in [6, 6.07) is 14.2. The molecule has 8 heteroatoms. The molecule has 4 aliphatic rings. The standard InChI is InChI=1S/C27H26N4O4/c28-25(32)24(18-13-29-16-30-14-18)31-11-9-17(10-12-31)23(15-31)35-26(33)27(34)21-7-3-1-5-19(21)20-6-2-4-8-22(20)27/h1-8,13-14,16-17,23-24,34H,9-12,15H2,(H-,28,32)/p+1/t17?,23-,24?,31?/m0/s1. The summed E-state index contributed by atoms with van der Waals surface area (Å²) in [5.74, 6) is -0.942. The van der Waals surface area contributed by atoms with E-state index in [1.54, 1.807) is 24.5 Å². The Hall–Kier alpha value is -3.62. The number of piperidine rings is 3. The molecular formula is C27H27N4O4+. The van der Waals surface area contributed by atoms with E-state index in [-0.39, 0.29) is 5.92 Å². The van der Waals surface area contributed by atoms with Gasteiger partial charge in [0.2, 0.25) is 5.60 Å². The van der Waals surface area contributed by atoms with Crippen molar-refractivity contribution in [2.75, 3.05) is 19.6 Å². The molecule has 35 heavy (non-hydrogen) atoms. The van der Waals surface area contributed by atoms with Gasteiger partial charge in [-0.15, -0.1) is 0 Å². The lowest BCUT2D eigenvalue weighted by molar-refractivity contribution is -0.965. The number of esters is 1. The summed E-state index contributed by atoms with van der Waals surface area (Å²) in [6.45, 7) is 1.98. The third-order valence-corrected chi connectivity index (χ3v) is 8.15. The molecule has 3 aromatic rings. The van der Waals surface area contributed by atoms with E-state index < -0.39 is 29.6 Å². The van der Waals surface area contributed by atoms with E-state index in [1.807, 2.05) is 36.4 Å². The molecule has 4 heterocycles. The molecule has 0 radical (unpaired) electrons. The number of nitrogens with two attached hydrogens (primary N) is 1. The smallest absolute Gasteiger partial charge is 0.348 e. The summed E-state index contributed by atoms with van der Waals surface area (Å²) >= 11 is 0. The molecule has 1 aromatic heterocycles. The number of quaternary nitrogens is 1. The highest BCUT2D eigenvalue weighted by molar-refractivity contribution is 5.96. The normalized spacial score (nSPS) is 26.4. The number of nitrogens with zero attached hydrogens (tertiary/aromatic N) is 3. The van der Waals surface area contributed by atoms with Crippen molar-refractivity contribution in [3.05, 3.63) is 83.9 Å². The number of hydrogen-bond donors (Lipinski definition) is 2. The highest BCUT2D eigenvalue weighted by Gasteiger charge is 2.56. The number of carbonyl (C=O) groups excluding carboxylic acids is 2. The van der Waals surface area contributed by atoms with Crippen LogP contribution in [0.5, 0.6) is 0 Å². The molecule has 2 aromatic carbocycles. The molecule has 2 bridgehead atoms. The van der Waals surface area contributed by atoms with Crippen LogP contribution in [0.2, 0.25) is 0 Å². The van der Waals surface area contributed by atoms with Gasteiger partial charge in [-0.1, -0.05) is 48.5 Å². The first-order valence-electron chi connectivity index (χ1n) is 12.0. The summed E-state index contributed by atoms with van der Waals surface area (Å²) in [5, 5.41) is 11.8. The van der Waals surface area contributed by atoms with Gasteiger partial charge in [0.25, 0.3) is 5.91 Å². The summed E-state index contributed by atoms with van der Waals surface area (Å²) in [5.41, 5.74) is 7.42. The first-order valence-corrected chi connectivity index (χ1v) is 12.0. The second-order valence-corrected chi connectivity index (χ2v) is 9.91. The minimum Gasteiger partial charge on any atom is -0.453 e. The minimum absolute atomic E-state index is 0.176. The maximum absolute atomic E-state index is 13.7.